The lowest BCUT2D eigenvalue weighted by atomic mass is 10.1. The van der Waals surface area contributed by atoms with Crippen molar-refractivity contribution in [1.29, 1.82) is 0 Å². The smallest absolute Gasteiger partial charge is 0.0756 e. The van der Waals surface area contributed by atoms with Crippen LogP contribution in [0, 0.1) is 0 Å². The molecule has 3 nitrogen and oxygen atoms in total. The molecule has 1 heterocycles. The van der Waals surface area contributed by atoms with Crippen LogP contribution in [0.2, 0.25) is 0 Å². The average Bonchev–Trinajstić information content (AvgIpc) is 2.25. The SMILES string of the molecule is CCCCC(NCC)c1cnccn1. The Morgan fingerprint density at radius 2 is 2.21 bits per heavy atom. The van der Waals surface area contributed by atoms with E-state index in [1.807, 2.05) is 6.20 Å². The maximum absolute atomic E-state index is 4.33. The molecule has 78 valence electrons. The third kappa shape index (κ3) is 3.42. The highest BCUT2D eigenvalue weighted by atomic mass is 14.9. The molecule has 14 heavy (non-hydrogen) atoms. The number of unbranched alkanes of at least 4 members (excludes halogenated alkanes) is 1. The van der Waals surface area contributed by atoms with Crippen molar-refractivity contribution in [1.82, 2.24) is 15.3 Å². The highest BCUT2D eigenvalue weighted by molar-refractivity contribution is 5.01. The van der Waals surface area contributed by atoms with Crippen molar-refractivity contribution in [2.45, 2.75) is 39.2 Å². The maximum atomic E-state index is 4.33. The van der Waals surface area contributed by atoms with Crippen molar-refractivity contribution < 1.29 is 0 Å². The molecule has 0 saturated heterocycles. The molecule has 0 aliphatic rings. The Morgan fingerprint density at radius 1 is 1.36 bits per heavy atom. The monoisotopic (exact) mass is 193 g/mol. The van der Waals surface area contributed by atoms with Crippen LogP contribution < -0.4 is 5.32 Å². The molecule has 0 amide bonds. The van der Waals surface area contributed by atoms with Gasteiger partial charge in [0.05, 0.1) is 11.7 Å². The van der Waals surface area contributed by atoms with Gasteiger partial charge in [-0.2, -0.15) is 0 Å². The quantitative estimate of drug-likeness (QED) is 0.753. The highest BCUT2D eigenvalue weighted by Crippen LogP contribution is 2.15. The van der Waals surface area contributed by atoms with Crippen LogP contribution in [0.3, 0.4) is 0 Å². The van der Waals surface area contributed by atoms with E-state index in [2.05, 4.69) is 29.1 Å². The molecule has 0 bridgehead atoms. The molecule has 0 fully saturated rings. The van der Waals surface area contributed by atoms with E-state index in [1.54, 1.807) is 12.4 Å². The van der Waals surface area contributed by atoms with E-state index in [1.165, 1.54) is 12.8 Å². The second-order valence-corrected chi connectivity index (χ2v) is 3.38. The average molecular weight is 193 g/mol. The summed E-state index contributed by atoms with van der Waals surface area (Å²) in [5.74, 6) is 0. The van der Waals surface area contributed by atoms with E-state index in [-0.39, 0.29) is 0 Å². The van der Waals surface area contributed by atoms with Crippen molar-refractivity contribution >= 4 is 0 Å². The van der Waals surface area contributed by atoms with Gasteiger partial charge in [-0.15, -0.1) is 0 Å². The molecule has 1 aromatic rings. The fourth-order valence-electron chi connectivity index (χ4n) is 1.50. The van der Waals surface area contributed by atoms with Crippen LogP contribution in [-0.2, 0) is 0 Å². The number of hydrogen-bond donors (Lipinski definition) is 1. The fourth-order valence-corrected chi connectivity index (χ4v) is 1.50. The topological polar surface area (TPSA) is 37.8 Å². The Morgan fingerprint density at radius 3 is 2.79 bits per heavy atom. The van der Waals surface area contributed by atoms with Gasteiger partial charge in [0.1, 0.15) is 0 Å². The zero-order chi connectivity index (χ0) is 10.2. The van der Waals surface area contributed by atoms with Gasteiger partial charge < -0.3 is 5.32 Å². The molecule has 0 spiro atoms. The van der Waals surface area contributed by atoms with Crippen molar-refractivity contribution in [3.05, 3.63) is 24.3 Å². The van der Waals surface area contributed by atoms with Gasteiger partial charge in [-0.25, -0.2) is 0 Å². The predicted molar refractivity (Wildman–Crippen MR) is 58.0 cm³/mol. The molecule has 1 rings (SSSR count). The molecular weight excluding hydrogens is 174 g/mol. The largest absolute Gasteiger partial charge is 0.309 e. The predicted octanol–water partition coefficient (Wildman–Crippen LogP) is 2.32. The van der Waals surface area contributed by atoms with Crippen molar-refractivity contribution in [2.75, 3.05) is 6.54 Å². The summed E-state index contributed by atoms with van der Waals surface area (Å²) in [7, 11) is 0. The van der Waals surface area contributed by atoms with E-state index >= 15 is 0 Å². The van der Waals surface area contributed by atoms with Crippen molar-refractivity contribution in [2.24, 2.45) is 0 Å². The van der Waals surface area contributed by atoms with E-state index in [4.69, 9.17) is 0 Å². The number of nitrogens with one attached hydrogen (secondary N) is 1. The summed E-state index contributed by atoms with van der Waals surface area (Å²) in [5.41, 5.74) is 1.06. The van der Waals surface area contributed by atoms with Gasteiger partial charge in [-0.1, -0.05) is 26.7 Å². The summed E-state index contributed by atoms with van der Waals surface area (Å²) in [5, 5.41) is 3.43. The molecule has 0 radical (unpaired) electrons. The number of rotatable bonds is 6. The maximum Gasteiger partial charge on any atom is 0.0756 e. The van der Waals surface area contributed by atoms with Crippen LogP contribution in [0.1, 0.15) is 44.8 Å². The van der Waals surface area contributed by atoms with E-state index in [0.717, 1.165) is 18.7 Å². The molecule has 1 aromatic heterocycles. The van der Waals surface area contributed by atoms with E-state index in [0.29, 0.717) is 6.04 Å². The fraction of sp³-hybridized carbons (Fsp3) is 0.636. The third-order valence-corrected chi connectivity index (χ3v) is 2.24. The molecule has 0 aliphatic heterocycles. The van der Waals surface area contributed by atoms with Gasteiger partial charge in [-0.05, 0) is 13.0 Å². The van der Waals surface area contributed by atoms with Crippen LogP contribution in [0.25, 0.3) is 0 Å². The lowest BCUT2D eigenvalue weighted by Gasteiger charge is -2.16. The Labute approximate surface area is 86.0 Å². The van der Waals surface area contributed by atoms with Crippen molar-refractivity contribution in [3.63, 3.8) is 0 Å². The van der Waals surface area contributed by atoms with Crippen LogP contribution in [-0.4, -0.2) is 16.5 Å². The normalized spacial score (nSPS) is 12.7. The summed E-state index contributed by atoms with van der Waals surface area (Å²) in [6.07, 6.45) is 8.92. The summed E-state index contributed by atoms with van der Waals surface area (Å²) in [6.45, 7) is 5.31. The first kappa shape index (κ1) is 11.1. The molecule has 1 unspecified atom stereocenters. The minimum absolute atomic E-state index is 0.369. The zero-order valence-corrected chi connectivity index (χ0v) is 9.03. The lowest BCUT2D eigenvalue weighted by Crippen LogP contribution is -2.21. The minimum atomic E-state index is 0.369. The molecule has 0 saturated carbocycles. The Kier molecular flexibility index (Phi) is 5.15. The molecule has 1 N–H and O–H groups in total. The van der Waals surface area contributed by atoms with E-state index < -0.39 is 0 Å². The lowest BCUT2D eigenvalue weighted by molar-refractivity contribution is 0.483. The molecule has 3 heteroatoms. The number of aromatic nitrogens is 2. The molecule has 0 aliphatic carbocycles. The van der Waals surface area contributed by atoms with Gasteiger partial charge in [0.25, 0.3) is 0 Å². The number of hydrogen-bond acceptors (Lipinski definition) is 3. The van der Waals surface area contributed by atoms with Gasteiger partial charge in [0.15, 0.2) is 0 Å². The second-order valence-electron chi connectivity index (χ2n) is 3.38. The first-order chi connectivity index (χ1) is 6.88. The second kappa shape index (κ2) is 6.49. The minimum Gasteiger partial charge on any atom is -0.309 e. The van der Waals surface area contributed by atoms with Crippen LogP contribution in [0.5, 0.6) is 0 Å². The van der Waals surface area contributed by atoms with Gasteiger partial charge in [0.2, 0.25) is 0 Å². The van der Waals surface area contributed by atoms with Crippen LogP contribution >= 0.6 is 0 Å². The summed E-state index contributed by atoms with van der Waals surface area (Å²) >= 11 is 0. The van der Waals surface area contributed by atoms with Gasteiger partial charge >= 0.3 is 0 Å². The van der Waals surface area contributed by atoms with E-state index in [9.17, 15) is 0 Å². The first-order valence-electron chi connectivity index (χ1n) is 5.37. The van der Waals surface area contributed by atoms with Gasteiger partial charge in [-0.3, -0.25) is 9.97 Å². The summed E-state index contributed by atoms with van der Waals surface area (Å²) in [6, 6.07) is 0.369. The first-order valence-corrected chi connectivity index (χ1v) is 5.37. The zero-order valence-electron chi connectivity index (χ0n) is 9.03. The Hall–Kier alpha value is -0.960. The van der Waals surface area contributed by atoms with Crippen LogP contribution in [0.4, 0.5) is 0 Å². The van der Waals surface area contributed by atoms with Gasteiger partial charge in [0, 0.05) is 18.6 Å². The Bertz CT molecular complexity index is 236. The third-order valence-electron chi connectivity index (χ3n) is 2.24. The van der Waals surface area contributed by atoms with Crippen molar-refractivity contribution in [3.8, 4) is 0 Å². The Balaban J connectivity index is 2.58. The molecule has 0 aromatic carbocycles. The highest BCUT2D eigenvalue weighted by Gasteiger charge is 2.10. The molecular formula is C11H19N3. The molecule has 1 atom stereocenters. The summed E-state index contributed by atoms with van der Waals surface area (Å²) < 4.78 is 0. The summed E-state index contributed by atoms with van der Waals surface area (Å²) in [4.78, 5) is 8.42. The standard InChI is InChI=1S/C11H19N3/c1-3-5-6-10(13-4-2)11-9-12-7-8-14-11/h7-10,13H,3-6H2,1-2H3. The van der Waals surface area contributed by atoms with Crippen LogP contribution in [0.15, 0.2) is 18.6 Å². The number of nitrogens with zero attached hydrogens (tertiary/aromatic N) is 2.